The Hall–Kier alpha value is -0.650. The molecule has 0 atom stereocenters. The van der Waals surface area contributed by atoms with Crippen LogP contribution < -0.4 is 16.6 Å². The first-order chi connectivity index (χ1) is 5.83. The minimum Gasteiger partial charge on any atom is -0.368 e. The van der Waals surface area contributed by atoms with Gasteiger partial charge in [0.1, 0.15) is 6.61 Å². The predicted molar refractivity (Wildman–Crippen MR) is 44.2 cm³/mol. The molecule has 1 fully saturated rings. The summed E-state index contributed by atoms with van der Waals surface area (Å²) in [6.07, 6.45) is 2.15. The minimum absolute atomic E-state index is 0.0706. The SMILES string of the molecule is NNC(=O)COC1CCNCC1. The van der Waals surface area contributed by atoms with Crippen molar-refractivity contribution in [1.82, 2.24) is 10.7 Å². The maximum Gasteiger partial charge on any atom is 0.259 e. The first-order valence-electron chi connectivity index (χ1n) is 4.14. The van der Waals surface area contributed by atoms with E-state index in [0.717, 1.165) is 25.9 Å². The molecule has 1 aliphatic heterocycles. The summed E-state index contributed by atoms with van der Waals surface area (Å²) in [5.41, 5.74) is 2.02. The minimum atomic E-state index is -0.270. The van der Waals surface area contributed by atoms with E-state index >= 15 is 0 Å². The molecular weight excluding hydrogens is 158 g/mol. The zero-order chi connectivity index (χ0) is 8.81. The summed E-state index contributed by atoms with van der Waals surface area (Å²) in [5.74, 6) is 4.63. The number of amides is 1. The van der Waals surface area contributed by atoms with Gasteiger partial charge in [0.15, 0.2) is 0 Å². The van der Waals surface area contributed by atoms with Crippen LogP contribution in [0.1, 0.15) is 12.8 Å². The summed E-state index contributed by atoms with van der Waals surface area (Å²) in [5, 5.41) is 3.21. The smallest absolute Gasteiger partial charge is 0.259 e. The van der Waals surface area contributed by atoms with Crippen molar-refractivity contribution in [3.63, 3.8) is 0 Å². The zero-order valence-electron chi connectivity index (χ0n) is 7.01. The molecule has 0 aliphatic carbocycles. The number of hydrogen-bond donors (Lipinski definition) is 3. The fraction of sp³-hybridized carbons (Fsp3) is 0.857. The molecule has 70 valence electrons. The largest absolute Gasteiger partial charge is 0.368 e. The highest BCUT2D eigenvalue weighted by Gasteiger charge is 2.13. The number of hydrogen-bond acceptors (Lipinski definition) is 4. The van der Waals surface area contributed by atoms with Crippen LogP contribution in [-0.2, 0) is 9.53 Å². The van der Waals surface area contributed by atoms with Crippen molar-refractivity contribution in [1.29, 1.82) is 0 Å². The molecule has 1 saturated heterocycles. The normalized spacial score (nSPS) is 19.1. The Bertz CT molecular complexity index is 146. The maximum absolute atomic E-state index is 10.7. The average molecular weight is 173 g/mol. The van der Waals surface area contributed by atoms with Crippen LogP contribution in [0.3, 0.4) is 0 Å². The van der Waals surface area contributed by atoms with Gasteiger partial charge < -0.3 is 10.1 Å². The van der Waals surface area contributed by atoms with Gasteiger partial charge in [-0.3, -0.25) is 10.2 Å². The standard InChI is InChI=1S/C7H15N3O2/c8-10-7(11)5-12-6-1-3-9-4-2-6/h6,9H,1-5,8H2,(H,10,11). The molecular formula is C7H15N3O2. The fourth-order valence-corrected chi connectivity index (χ4v) is 1.20. The Morgan fingerprint density at radius 2 is 2.25 bits per heavy atom. The molecule has 1 rings (SSSR count). The van der Waals surface area contributed by atoms with Crippen LogP contribution in [0.4, 0.5) is 0 Å². The van der Waals surface area contributed by atoms with Gasteiger partial charge in [0.05, 0.1) is 6.10 Å². The Morgan fingerprint density at radius 3 is 2.83 bits per heavy atom. The van der Waals surface area contributed by atoms with E-state index in [1.165, 1.54) is 0 Å². The first-order valence-corrected chi connectivity index (χ1v) is 4.14. The van der Waals surface area contributed by atoms with Crippen LogP contribution in [0.15, 0.2) is 0 Å². The molecule has 0 aromatic heterocycles. The van der Waals surface area contributed by atoms with E-state index in [0.29, 0.717) is 0 Å². The van der Waals surface area contributed by atoms with Crippen molar-refractivity contribution >= 4 is 5.91 Å². The van der Waals surface area contributed by atoms with Crippen LogP contribution in [0, 0.1) is 0 Å². The van der Waals surface area contributed by atoms with Gasteiger partial charge in [-0.05, 0) is 25.9 Å². The van der Waals surface area contributed by atoms with E-state index < -0.39 is 0 Å². The number of carbonyl (C=O) groups is 1. The van der Waals surface area contributed by atoms with E-state index in [9.17, 15) is 4.79 Å². The number of ether oxygens (including phenoxy) is 1. The van der Waals surface area contributed by atoms with E-state index in [4.69, 9.17) is 10.6 Å². The number of hydrazine groups is 1. The van der Waals surface area contributed by atoms with Crippen LogP contribution in [-0.4, -0.2) is 31.7 Å². The lowest BCUT2D eigenvalue weighted by Crippen LogP contribution is -2.37. The molecule has 1 aliphatic rings. The Labute approximate surface area is 71.6 Å². The van der Waals surface area contributed by atoms with E-state index in [1.54, 1.807) is 0 Å². The summed E-state index contributed by atoms with van der Waals surface area (Å²) in [6, 6.07) is 0. The third kappa shape index (κ3) is 3.17. The Morgan fingerprint density at radius 1 is 1.58 bits per heavy atom. The van der Waals surface area contributed by atoms with Crippen molar-refractivity contribution in [2.75, 3.05) is 19.7 Å². The summed E-state index contributed by atoms with van der Waals surface area (Å²) < 4.78 is 5.30. The molecule has 0 aromatic carbocycles. The molecule has 5 nitrogen and oxygen atoms in total. The summed E-state index contributed by atoms with van der Waals surface area (Å²) >= 11 is 0. The molecule has 0 aromatic rings. The second-order valence-corrected chi connectivity index (χ2v) is 2.83. The van der Waals surface area contributed by atoms with Gasteiger partial charge in [-0.2, -0.15) is 0 Å². The van der Waals surface area contributed by atoms with Crippen LogP contribution >= 0.6 is 0 Å². The molecule has 0 bridgehead atoms. The Kier molecular flexibility index (Phi) is 3.99. The number of carbonyl (C=O) groups excluding carboxylic acids is 1. The van der Waals surface area contributed by atoms with Crippen molar-refractivity contribution in [2.45, 2.75) is 18.9 Å². The molecule has 0 radical (unpaired) electrons. The first kappa shape index (κ1) is 9.44. The predicted octanol–water partition coefficient (Wildman–Crippen LogP) is -1.26. The van der Waals surface area contributed by atoms with Gasteiger partial charge in [-0.1, -0.05) is 0 Å². The van der Waals surface area contributed by atoms with Gasteiger partial charge in [0, 0.05) is 0 Å². The van der Waals surface area contributed by atoms with E-state index in [2.05, 4.69) is 5.32 Å². The van der Waals surface area contributed by atoms with Gasteiger partial charge in [-0.25, -0.2) is 5.84 Å². The van der Waals surface area contributed by atoms with Gasteiger partial charge in [-0.15, -0.1) is 0 Å². The highest BCUT2D eigenvalue weighted by molar-refractivity contribution is 5.76. The van der Waals surface area contributed by atoms with Gasteiger partial charge >= 0.3 is 0 Å². The molecule has 1 amide bonds. The topological polar surface area (TPSA) is 76.4 Å². The van der Waals surface area contributed by atoms with Crippen molar-refractivity contribution in [3.8, 4) is 0 Å². The number of nitrogens with two attached hydrogens (primary N) is 1. The van der Waals surface area contributed by atoms with E-state index in [-0.39, 0.29) is 18.6 Å². The highest BCUT2D eigenvalue weighted by atomic mass is 16.5. The Balaban J connectivity index is 2.09. The van der Waals surface area contributed by atoms with Gasteiger partial charge in [0.2, 0.25) is 0 Å². The molecule has 1 heterocycles. The molecule has 12 heavy (non-hydrogen) atoms. The lowest BCUT2D eigenvalue weighted by molar-refractivity contribution is -0.128. The van der Waals surface area contributed by atoms with Crippen LogP contribution in [0.25, 0.3) is 0 Å². The molecule has 0 saturated carbocycles. The third-order valence-corrected chi connectivity index (χ3v) is 1.90. The van der Waals surface area contributed by atoms with Gasteiger partial charge in [0.25, 0.3) is 5.91 Å². The summed E-state index contributed by atoms with van der Waals surface area (Å²) in [7, 11) is 0. The number of rotatable bonds is 3. The summed E-state index contributed by atoms with van der Waals surface area (Å²) in [4.78, 5) is 10.7. The van der Waals surface area contributed by atoms with E-state index in [1.807, 2.05) is 5.43 Å². The monoisotopic (exact) mass is 173 g/mol. The molecule has 5 heteroatoms. The van der Waals surface area contributed by atoms with Crippen molar-refractivity contribution < 1.29 is 9.53 Å². The number of nitrogens with one attached hydrogen (secondary N) is 2. The average Bonchev–Trinajstić information content (AvgIpc) is 2.16. The number of piperidine rings is 1. The quantitative estimate of drug-likeness (QED) is 0.283. The lowest BCUT2D eigenvalue weighted by atomic mass is 10.1. The maximum atomic E-state index is 10.7. The summed E-state index contributed by atoms with van der Waals surface area (Å²) in [6.45, 7) is 2.00. The van der Waals surface area contributed by atoms with Crippen LogP contribution in [0.2, 0.25) is 0 Å². The molecule has 0 spiro atoms. The third-order valence-electron chi connectivity index (χ3n) is 1.90. The zero-order valence-corrected chi connectivity index (χ0v) is 7.01. The highest BCUT2D eigenvalue weighted by Crippen LogP contribution is 2.06. The second kappa shape index (κ2) is 5.08. The van der Waals surface area contributed by atoms with Crippen molar-refractivity contribution in [3.05, 3.63) is 0 Å². The molecule has 0 unspecified atom stereocenters. The lowest BCUT2D eigenvalue weighted by Gasteiger charge is -2.22. The fourth-order valence-electron chi connectivity index (χ4n) is 1.20. The molecule has 4 N–H and O–H groups in total. The van der Waals surface area contributed by atoms with Crippen LogP contribution in [0.5, 0.6) is 0 Å². The van der Waals surface area contributed by atoms with Crippen molar-refractivity contribution in [2.24, 2.45) is 5.84 Å². The second-order valence-electron chi connectivity index (χ2n) is 2.83.